The monoisotopic (exact) mass is 416 g/mol. The van der Waals surface area contributed by atoms with Crippen molar-refractivity contribution in [3.8, 4) is 0 Å². The second-order valence-corrected chi connectivity index (χ2v) is 8.90. The Kier molecular flexibility index (Phi) is 7.06. The van der Waals surface area contributed by atoms with Crippen molar-refractivity contribution in [3.05, 3.63) is 57.5 Å². The van der Waals surface area contributed by atoms with Crippen LogP contribution < -0.4 is 0 Å². The highest BCUT2D eigenvalue weighted by atomic mass is 32.1. The van der Waals surface area contributed by atoms with Crippen LogP contribution in [0.2, 0.25) is 0 Å². The number of rotatable bonds is 9. The smallest absolute Gasteiger partial charge is 0.242 e. The molecule has 1 aliphatic carbocycles. The van der Waals surface area contributed by atoms with E-state index in [1.165, 1.54) is 12.1 Å². The summed E-state index contributed by atoms with van der Waals surface area (Å²) < 4.78 is 13.3. The molecule has 1 fully saturated rings. The summed E-state index contributed by atoms with van der Waals surface area (Å²) in [7, 11) is 0. The van der Waals surface area contributed by atoms with Crippen LogP contribution in [0.5, 0.6) is 0 Å². The number of amides is 2. The largest absolute Gasteiger partial charge is 0.332 e. The van der Waals surface area contributed by atoms with Crippen LogP contribution in [0.25, 0.3) is 0 Å². The van der Waals surface area contributed by atoms with Gasteiger partial charge in [0, 0.05) is 23.4 Å². The second-order valence-electron chi connectivity index (χ2n) is 7.90. The number of hydrogen-bond donors (Lipinski definition) is 0. The van der Waals surface area contributed by atoms with E-state index in [-0.39, 0.29) is 36.1 Å². The first-order valence-electron chi connectivity index (χ1n) is 10.2. The Morgan fingerprint density at radius 2 is 1.86 bits per heavy atom. The molecule has 0 saturated heterocycles. The molecule has 2 aromatic rings. The Balaban J connectivity index is 1.78. The third-order valence-electron chi connectivity index (χ3n) is 5.58. The van der Waals surface area contributed by atoms with E-state index in [1.807, 2.05) is 32.2 Å². The summed E-state index contributed by atoms with van der Waals surface area (Å²) in [6.07, 6.45) is 2.66. The summed E-state index contributed by atoms with van der Waals surface area (Å²) in [5.74, 6) is -0.182. The second kappa shape index (κ2) is 9.53. The SMILES string of the molecule is CCC(C)N(CC(=O)N(Cc1ccc(F)cc1)Cc1sccc1C)C(=O)C1CC1. The summed E-state index contributed by atoms with van der Waals surface area (Å²) in [5.41, 5.74) is 2.03. The molecule has 4 nitrogen and oxygen atoms in total. The van der Waals surface area contributed by atoms with Gasteiger partial charge in [0.15, 0.2) is 0 Å². The molecule has 1 aromatic heterocycles. The van der Waals surface area contributed by atoms with Gasteiger partial charge in [-0.25, -0.2) is 4.39 Å². The van der Waals surface area contributed by atoms with E-state index in [1.54, 1.807) is 33.3 Å². The van der Waals surface area contributed by atoms with Crippen LogP contribution in [0.4, 0.5) is 4.39 Å². The zero-order valence-electron chi connectivity index (χ0n) is 17.4. The lowest BCUT2D eigenvalue weighted by atomic mass is 10.1. The van der Waals surface area contributed by atoms with E-state index < -0.39 is 0 Å². The van der Waals surface area contributed by atoms with Crippen LogP contribution in [-0.2, 0) is 22.7 Å². The highest BCUT2D eigenvalue weighted by Crippen LogP contribution is 2.32. The molecule has 0 aliphatic heterocycles. The van der Waals surface area contributed by atoms with Crippen molar-refractivity contribution in [3.63, 3.8) is 0 Å². The predicted molar refractivity (Wildman–Crippen MR) is 114 cm³/mol. The Hall–Kier alpha value is -2.21. The van der Waals surface area contributed by atoms with E-state index in [2.05, 4.69) is 0 Å². The van der Waals surface area contributed by atoms with E-state index >= 15 is 0 Å². The molecule has 1 heterocycles. The van der Waals surface area contributed by atoms with Gasteiger partial charge in [-0.2, -0.15) is 0 Å². The third-order valence-corrected chi connectivity index (χ3v) is 6.59. The molecule has 1 atom stereocenters. The minimum Gasteiger partial charge on any atom is -0.332 e. The summed E-state index contributed by atoms with van der Waals surface area (Å²) in [6.45, 7) is 7.05. The van der Waals surface area contributed by atoms with E-state index in [0.717, 1.165) is 35.3 Å². The van der Waals surface area contributed by atoms with Crippen LogP contribution in [0.1, 0.15) is 49.1 Å². The van der Waals surface area contributed by atoms with Gasteiger partial charge in [-0.15, -0.1) is 11.3 Å². The zero-order valence-corrected chi connectivity index (χ0v) is 18.2. The first-order chi connectivity index (χ1) is 13.9. The van der Waals surface area contributed by atoms with E-state index in [9.17, 15) is 14.0 Å². The number of nitrogens with zero attached hydrogens (tertiary/aromatic N) is 2. The zero-order chi connectivity index (χ0) is 21.0. The van der Waals surface area contributed by atoms with Crippen molar-refractivity contribution < 1.29 is 14.0 Å². The highest BCUT2D eigenvalue weighted by molar-refractivity contribution is 7.10. The molecule has 0 spiro atoms. The van der Waals surface area contributed by atoms with Gasteiger partial charge in [0.2, 0.25) is 11.8 Å². The molecular formula is C23H29FN2O2S. The number of benzene rings is 1. The van der Waals surface area contributed by atoms with Crippen molar-refractivity contribution in [2.75, 3.05) is 6.54 Å². The van der Waals surface area contributed by atoms with Crippen molar-refractivity contribution >= 4 is 23.2 Å². The number of hydrogen-bond acceptors (Lipinski definition) is 3. The average Bonchev–Trinajstić information content (AvgIpc) is 3.49. The summed E-state index contributed by atoms with van der Waals surface area (Å²) >= 11 is 1.62. The van der Waals surface area contributed by atoms with Gasteiger partial charge in [0.05, 0.1) is 6.54 Å². The quantitative estimate of drug-likeness (QED) is 0.591. The molecular weight excluding hydrogens is 387 g/mol. The minimum atomic E-state index is -0.293. The molecule has 1 aromatic carbocycles. The Morgan fingerprint density at radius 3 is 2.41 bits per heavy atom. The van der Waals surface area contributed by atoms with Crippen LogP contribution >= 0.6 is 11.3 Å². The van der Waals surface area contributed by atoms with Crippen LogP contribution in [0.15, 0.2) is 35.7 Å². The lowest BCUT2D eigenvalue weighted by Gasteiger charge is -2.31. The summed E-state index contributed by atoms with van der Waals surface area (Å²) in [5, 5.41) is 2.02. The van der Waals surface area contributed by atoms with Gasteiger partial charge in [-0.05, 0) is 67.8 Å². The molecule has 29 heavy (non-hydrogen) atoms. The lowest BCUT2D eigenvalue weighted by molar-refractivity contribution is -0.143. The van der Waals surface area contributed by atoms with Crippen molar-refractivity contribution in [2.45, 2.75) is 59.2 Å². The third kappa shape index (κ3) is 5.66. The topological polar surface area (TPSA) is 40.6 Å². The molecule has 0 bridgehead atoms. The fraction of sp³-hybridized carbons (Fsp3) is 0.478. The maximum atomic E-state index is 13.3. The van der Waals surface area contributed by atoms with Crippen LogP contribution in [0, 0.1) is 18.7 Å². The fourth-order valence-corrected chi connectivity index (χ4v) is 4.18. The Morgan fingerprint density at radius 1 is 1.17 bits per heavy atom. The molecule has 1 aliphatic rings. The molecule has 1 saturated carbocycles. The maximum absolute atomic E-state index is 13.3. The minimum absolute atomic E-state index is 0.0307. The first-order valence-corrected chi connectivity index (χ1v) is 11.1. The number of carbonyl (C=O) groups is 2. The maximum Gasteiger partial charge on any atom is 0.242 e. The predicted octanol–water partition coefficient (Wildman–Crippen LogP) is 4.76. The average molecular weight is 417 g/mol. The van der Waals surface area contributed by atoms with E-state index in [0.29, 0.717) is 13.1 Å². The molecule has 3 rings (SSSR count). The van der Waals surface area contributed by atoms with Gasteiger partial charge in [-0.1, -0.05) is 19.1 Å². The van der Waals surface area contributed by atoms with Crippen molar-refractivity contribution in [1.82, 2.24) is 9.80 Å². The Labute approximate surface area is 176 Å². The normalized spacial score (nSPS) is 14.5. The van der Waals surface area contributed by atoms with Crippen LogP contribution in [0.3, 0.4) is 0 Å². The molecule has 0 N–H and O–H groups in total. The van der Waals surface area contributed by atoms with Crippen molar-refractivity contribution in [1.29, 1.82) is 0 Å². The molecule has 1 unspecified atom stereocenters. The van der Waals surface area contributed by atoms with Gasteiger partial charge in [-0.3, -0.25) is 9.59 Å². The Bertz CT molecular complexity index is 845. The lowest BCUT2D eigenvalue weighted by Crippen LogP contribution is -2.46. The fourth-order valence-electron chi connectivity index (χ4n) is 3.26. The van der Waals surface area contributed by atoms with Gasteiger partial charge < -0.3 is 9.80 Å². The molecule has 156 valence electrons. The number of halogens is 1. The highest BCUT2D eigenvalue weighted by Gasteiger charge is 2.36. The molecule has 2 amide bonds. The summed E-state index contributed by atoms with van der Waals surface area (Å²) in [4.78, 5) is 30.7. The molecule has 0 radical (unpaired) electrons. The van der Waals surface area contributed by atoms with Gasteiger partial charge in [0.25, 0.3) is 0 Å². The molecule has 6 heteroatoms. The summed E-state index contributed by atoms with van der Waals surface area (Å²) in [6, 6.07) is 8.32. The number of aryl methyl sites for hydroxylation is 1. The van der Waals surface area contributed by atoms with Crippen LogP contribution in [-0.4, -0.2) is 34.2 Å². The number of carbonyl (C=O) groups excluding carboxylic acids is 2. The standard InChI is InChI=1S/C23H29FN2O2S/c1-4-17(3)26(23(28)19-7-8-19)15-22(27)25(14-21-16(2)11-12-29-21)13-18-5-9-20(24)10-6-18/h5-6,9-12,17,19H,4,7-8,13-15H2,1-3H3. The van der Waals surface area contributed by atoms with Gasteiger partial charge >= 0.3 is 0 Å². The number of thiophene rings is 1. The first kappa shape index (κ1) is 21.5. The van der Waals surface area contributed by atoms with Crippen molar-refractivity contribution in [2.24, 2.45) is 5.92 Å². The van der Waals surface area contributed by atoms with E-state index in [4.69, 9.17) is 0 Å². The van der Waals surface area contributed by atoms with Gasteiger partial charge in [0.1, 0.15) is 12.4 Å².